The summed E-state index contributed by atoms with van der Waals surface area (Å²) in [5, 5.41) is 5.51. The van der Waals surface area contributed by atoms with Crippen molar-refractivity contribution in [3.05, 3.63) is 65.7 Å². The molecule has 0 aromatic heterocycles. The molecule has 8 heteroatoms. The molecule has 0 saturated heterocycles. The van der Waals surface area contributed by atoms with E-state index in [1.165, 1.54) is 12.1 Å². The van der Waals surface area contributed by atoms with Crippen LogP contribution in [0.5, 0.6) is 5.75 Å². The first kappa shape index (κ1) is 23.3. The summed E-state index contributed by atoms with van der Waals surface area (Å²) in [5.74, 6) is -0.608. The Labute approximate surface area is 173 Å². The first-order valence-electron chi connectivity index (χ1n) is 9.53. The van der Waals surface area contributed by atoms with Crippen molar-refractivity contribution in [2.45, 2.75) is 39.0 Å². The maximum absolute atomic E-state index is 12.6. The minimum absolute atomic E-state index is 0.0932. The molecule has 0 fully saturated rings. The van der Waals surface area contributed by atoms with Gasteiger partial charge in [-0.3, -0.25) is 9.59 Å². The summed E-state index contributed by atoms with van der Waals surface area (Å²) < 4.78 is 41.2. The van der Waals surface area contributed by atoms with E-state index in [-0.39, 0.29) is 36.4 Å². The van der Waals surface area contributed by atoms with Gasteiger partial charge >= 0.3 is 6.18 Å². The fourth-order valence-corrected chi connectivity index (χ4v) is 2.71. The van der Waals surface area contributed by atoms with Gasteiger partial charge in [-0.2, -0.15) is 13.2 Å². The van der Waals surface area contributed by atoms with E-state index in [0.29, 0.717) is 5.56 Å². The van der Waals surface area contributed by atoms with Crippen molar-refractivity contribution < 1.29 is 27.5 Å². The Bertz CT molecular complexity index is 822. The lowest BCUT2D eigenvalue weighted by atomic mass is 10.0. The van der Waals surface area contributed by atoms with Crippen LogP contribution in [0.25, 0.3) is 0 Å². The molecule has 162 valence electrons. The van der Waals surface area contributed by atoms with Crippen molar-refractivity contribution in [2.75, 3.05) is 6.61 Å². The van der Waals surface area contributed by atoms with E-state index in [1.54, 1.807) is 12.1 Å². The lowest BCUT2D eigenvalue weighted by Crippen LogP contribution is -2.49. The Balaban J connectivity index is 1.86. The number of hydrogen-bond acceptors (Lipinski definition) is 3. The van der Waals surface area contributed by atoms with Gasteiger partial charge in [0.05, 0.1) is 6.42 Å². The van der Waals surface area contributed by atoms with Crippen LogP contribution >= 0.6 is 0 Å². The number of carbonyl (C=O) groups excluding carboxylic acids is 2. The van der Waals surface area contributed by atoms with E-state index < -0.39 is 18.8 Å². The van der Waals surface area contributed by atoms with Crippen molar-refractivity contribution in [3.63, 3.8) is 0 Å². The minimum atomic E-state index is -4.40. The van der Waals surface area contributed by atoms with Crippen LogP contribution in [0.1, 0.15) is 25.0 Å². The molecule has 0 radical (unpaired) electrons. The Kier molecular flexibility index (Phi) is 8.26. The van der Waals surface area contributed by atoms with E-state index in [9.17, 15) is 22.8 Å². The molecule has 1 atom stereocenters. The van der Waals surface area contributed by atoms with Gasteiger partial charge in [0.25, 0.3) is 0 Å². The third kappa shape index (κ3) is 8.14. The molecule has 0 saturated carbocycles. The Morgan fingerprint density at radius 3 is 2.17 bits per heavy atom. The van der Waals surface area contributed by atoms with Gasteiger partial charge in [-0.25, -0.2) is 0 Å². The quantitative estimate of drug-likeness (QED) is 0.649. The largest absolute Gasteiger partial charge is 0.484 e. The van der Waals surface area contributed by atoms with Gasteiger partial charge in [-0.1, -0.05) is 56.3 Å². The average Bonchev–Trinajstić information content (AvgIpc) is 2.69. The van der Waals surface area contributed by atoms with Crippen LogP contribution in [0.15, 0.2) is 54.6 Å². The summed E-state index contributed by atoms with van der Waals surface area (Å²) in [6, 6.07) is 14.5. The van der Waals surface area contributed by atoms with E-state index in [4.69, 9.17) is 0 Å². The summed E-state index contributed by atoms with van der Waals surface area (Å²) in [7, 11) is 0. The highest BCUT2D eigenvalue weighted by Crippen LogP contribution is 2.19. The van der Waals surface area contributed by atoms with Crippen molar-refractivity contribution in [3.8, 4) is 5.75 Å². The van der Waals surface area contributed by atoms with Gasteiger partial charge in [0.2, 0.25) is 11.8 Å². The zero-order valence-corrected chi connectivity index (χ0v) is 16.8. The predicted molar refractivity (Wildman–Crippen MR) is 107 cm³/mol. The molecule has 0 aliphatic carbocycles. The summed E-state index contributed by atoms with van der Waals surface area (Å²) in [4.78, 5) is 24.8. The zero-order chi connectivity index (χ0) is 22.1. The molecular formula is C22H25F3N2O3. The molecule has 0 aliphatic rings. The molecular weight excluding hydrogens is 397 g/mol. The van der Waals surface area contributed by atoms with E-state index in [0.717, 1.165) is 5.56 Å². The van der Waals surface area contributed by atoms with Gasteiger partial charge in [-0.15, -0.1) is 0 Å². The second kappa shape index (κ2) is 10.7. The fraction of sp³-hybridized carbons (Fsp3) is 0.364. The molecule has 0 aliphatic heterocycles. The van der Waals surface area contributed by atoms with E-state index >= 15 is 0 Å². The third-order valence-corrected chi connectivity index (χ3v) is 4.27. The predicted octanol–water partition coefficient (Wildman–Crippen LogP) is 3.63. The molecule has 0 bridgehead atoms. The number of halogens is 3. The number of carbonyl (C=O) groups is 2. The Morgan fingerprint density at radius 2 is 1.60 bits per heavy atom. The summed E-state index contributed by atoms with van der Waals surface area (Å²) in [5.41, 5.74) is 1.55. The van der Waals surface area contributed by atoms with Crippen LogP contribution in [0.4, 0.5) is 13.2 Å². The van der Waals surface area contributed by atoms with Crippen LogP contribution in [0.3, 0.4) is 0 Å². The van der Waals surface area contributed by atoms with E-state index in [2.05, 4.69) is 15.4 Å². The van der Waals surface area contributed by atoms with Crippen molar-refractivity contribution in [1.82, 2.24) is 10.6 Å². The maximum Gasteiger partial charge on any atom is 0.422 e. The number of alkyl halides is 3. The van der Waals surface area contributed by atoms with Gasteiger partial charge < -0.3 is 15.4 Å². The number of rotatable bonds is 9. The number of amides is 2. The molecule has 0 heterocycles. The van der Waals surface area contributed by atoms with Crippen LogP contribution in [0, 0.1) is 5.92 Å². The van der Waals surface area contributed by atoms with Gasteiger partial charge in [0, 0.05) is 6.54 Å². The SMILES string of the molecule is CC(C)[C@@H](NC(=O)Cc1ccccc1)C(=O)NCc1ccc(OCC(F)(F)F)cc1. The van der Waals surface area contributed by atoms with E-state index in [1.807, 2.05) is 44.2 Å². The van der Waals surface area contributed by atoms with Gasteiger partial charge in [0.15, 0.2) is 6.61 Å². The minimum Gasteiger partial charge on any atom is -0.484 e. The third-order valence-electron chi connectivity index (χ3n) is 4.27. The molecule has 5 nitrogen and oxygen atoms in total. The second-order valence-corrected chi connectivity index (χ2v) is 7.22. The molecule has 2 aromatic carbocycles. The van der Waals surface area contributed by atoms with Gasteiger partial charge in [0.1, 0.15) is 11.8 Å². The highest BCUT2D eigenvalue weighted by Gasteiger charge is 2.28. The molecule has 2 N–H and O–H groups in total. The smallest absolute Gasteiger partial charge is 0.422 e. The summed E-state index contributed by atoms with van der Waals surface area (Å²) in [6.45, 7) is 2.48. The molecule has 0 unspecified atom stereocenters. The number of ether oxygens (including phenoxy) is 1. The molecule has 2 rings (SSSR count). The number of hydrogen-bond donors (Lipinski definition) is 2. The van der Waals surface area contributed by atoms with Crippen molar-refractivity contribution in [1.29, 1.82) is 0 Å². The lowest BCUT2D eigenvalue weighted by Gasteiger charge is -2.22. The lowest BCUT2D eigenvalue weighted by molar-refractivity contribution is -0.153. The monoisotopic (exact) mass is 422 g/mol. The topological polar surface area (TPSA) is 67.4 Å². The summed E-state index contributed by atoms with van der Waals surface area (Å²) >= 11 is 0. The summed E-state index contributed by atoms with van der Waals surface area (Å²) in [6.07, 6.45) is -4.22. The van der Waals surface area contributed by atoms with Crippen LogP contribution in [-0.4, -0.2) is 30.6 Å². The molecule has 2 aromatic rings. The molecule has 0 spiro atoms. The van der Waals surface area contributed by atoms with Crippen molar-refractivity contribution >= 4 is 11.8 Å². The average molecular weight is 422 g/mol. The van der Waals surface area contributed by atoms with Crippen molar-refractivity contribution in [2.24, 2.45) is 5.92 Å². The first-order chi connectivity index (χ1) is 14.1. The first-order valence-corrected chi connectivity index (χ1v) is 9.53. The Morgan fingerprint density at radius 1 is 0.967 bits per heavy atom. The van der Waals surface area contributed by atoms with Crippen LogP contribution < -0.4 is 15.4 Å². The highest BCUT2D eigenvalue weighted by molar-refractivity contribution is 5.88. The molecule has 30 heavy (non-hydrogen) atoms. The highest BCUT2D eigenvalue weighted by atomic mass is 19.4. The maximum atomic E-state index is 12.6. The van der Waals surface area contributed by atoms with Crippen LogP contribution in [0.2, 0.25) is 0 Å². The second-order valence-electron chi connectivity index (χ2n) is 7.22. The number of nitrogens with one attached hydrogen (secondary N) is 2. The standard InChI is InChI=1S/C22H25F3N2O3/c1-15(2)20(27-19(28)12-16-6-4-3-5-7-16)21(29)26-13-17-8-10-18(11-9-17)30-14-22(23,24)25/h3-11,15,20H,12-14H2,1-2H3,(H,26,29)(H,27,28)/t20-/m1/s1. The Hall–Kier alpha value is -3.03. The van der Waals surface area contributed by atoms with Crippen LogP contribution in [-0.2, 0) is 22.6 Å². The van der Waals surface area contributed by atoms with Gasteiger partial charge in [-0.05, 0) is 29.2 Å². The molecule has 2 amide bonds. The fourth-order valence-electron chi connectivity index (χ4n) is 2.71. The normalized spacial score (nSPS) is 12.3. The number of benzene rings is 2. The zero-order valence-electron chi connectivity index (χ0n) is 16.8.